The number of ether oxygens (including phenoxy) is 8. The first kappa shape index (κ1) is 65.4. The summed E-state index contributed by atoms with van der Waals surface area (Å²) < 4.78 is 37.2. The van der Waals surface area contributed by atoms with E-state index in [4.69, 9.17) is 14.2 Å². The fourth-order valence-electron chi connectivity index (χ4n) is 2.90. The van der Waals surface area contributed by atoms with Crippen LogP contribution in [0, 0.1) is 31.1 Å². The van der Waals surface area contributed by atoms with Gasteiger partial charge in [-0.1, -0.05) is 45.8 Å². The summed E-state index contributed by atoms with van der Waals surface area (Å²) in [6, 6.07) is 0. The smallest absolute Gasteiger partial charge is 0.653 e. The van der Waals surface area contributed by atoms with Gasteiger partial charge in [-0.15, -0.1) is 0 Å². The van der Waals surface area contributed by atoms with Crippen molar-refractivity contribution in [3.05, 3.63) is 103 Å². The molecule has 0 heterocycles. The summed E-state index contributed by atoms with van der Waals surface area (Å²) >= 11 is 0. The van der Waals surface area contributed by atoms with E-state index < -0.39 is 11.9 Å². The molecule has 0 radical (unpaired) electrons. The van der Waals surface area contributed by atoms with E-state index in [9.17, 15) is 19.2 Å². The van der Waals surface area contributed by atoms with E-state index in [-0.39, 0.29) is 76.4 Å². The van der Waals surface area contributed by atoms with Crippen LogP contribution < -0.4 is 0 Å². The van der Waals surface area contributed by atoms with Crippen LogP contribution in [0.1, 0.15) is 32.1 Å². The first-order valence-electron chi connectivity index (χ1n) is 14.1. The van der Waals surface area contributed by atoms with Crippen molar-refractivity contribution in [2.75, 3.05) is 52.9 Å². The number of esters is 2. The molecule has 1 fully saturated rings. The zero-order valence-corrected chi connectivity index (χ0v) is 37.5. The van der Waals surface area contributed by atoms with Crippen molar-refractivity contribution in [1.29, 1.82) is 0 Å². The molecule has 0 atom stereocenters. The van der Waals surface area contributed by atoms with Crippen LogP contribution >= 0.6 is 0 Å². The molecule has 0 N–H and O–H groups in total. The van der Waals surface area contributed by atoms with Gasteiger partial charge in [0.05, 0.1) is 58.1 Å². The number of carbonyl (C=O) groups excluding carboxylic acids is 4. The van der Waals surface area contributed by atoms with Crippen LogP contribution in [0.2, 0.25) is 0 Å². The second-order valence-electron chi connectivity index (χ2n) is 7.86. The first-order valence-corrected chi connectivity index (χ1v) is 14.1. The second-order valence-corrected chi connectivity index (χ2v) is 7.86. The van der Waals surface area contributed by atoms with Crippen LogP contribution in [-0.4, -0.2) is 77.7 Å². The molecule has 0 amide bonds. The standard InChI is InChI=1S/C13H19O3.C7H10O3.C6H9O3.C5H7O3.2C2H3.3W/c1-3-13(14)16-10-12-7-5-11(6-8-12)9-15-4-2;1-3-7(8)10-6-5-9-4-2;1-2-8-4-3-5-9-6-7;1-2-7-3-4-8-5-6;2*1-2;;;/h4,11-12H,1-2,5-10H2;3-4H,1-2,5-6H2;2H,1,3-5H2;2H,1,3-4H2;2*1H,2H2;;;/q-1;;4*-1;;2*+2. The number of carbonyl (C=O) groups is 2. The monoisotopic (exact) mass is 1220 g/mol. The van der Waals surface area contributed by atoms with Crippen molar-refractivity contribution in [3.63, 3.8) is 0 Å². The molecule has 1 rings (SSSR count). The summed E-state index contributed by atoms with van der Waals surface area (Å²) in [5, 5.41) is 0. The molecule has 0 aromatic heterocycles. The topological polar surface area (TPSA) is 142 Å². The minimum absolute atomic E-state index is 0. The maximum absolute atomic E-state index is 10.8. The zero-order chi connectivity index (χ0) is 36.8. The van der Waals surface area contributed by atoms with Crippen LogP contribution in [0.15, 0.2) is 83.8 Å². The fourth-order valence-corrected chi connectivity index (χ4v) is 2.90. The molecule has 0 unspecified atom stereocenters. The summed E-state index contributed by atoms with van der Waals surface area (Å²) in [5.41, 5.74) is 0. The minimum Gasteiger partial charge on any atom is -0.653 e. The van der Waals surface area contributed by atoms with Gasteiger partial charge in [-0.3, -0.25) is 24.5 Å². The minimum atomic E-state index is -0.447. The van der Waals surface area contributed by atoms with Gasteiger partial charge in [0.25, 0.3) is 0 Å². The fraction of sp³-hybridized carbons (Fsp3) is 0.429. The molecule has 1 saturated carbocycles. The van der Waals surface area contributed by atoms with E-state index in [1.807, 2.05) is 0 Å². The van der Waals surface area contributed by atoms with Gasteiger partial charge in [-0.25, -0.2) is 4.79 Å². The summed E-state index contributed by atoms with van der Waals surface area (Å²) in [6.45, 7) is 39.8. The zero-order valence-electron chi connectivity index (χ0n) is 28.7. The quantitative estimate of drug-likeness (QED) is 0.0342. The van der Waals surface area contributed by atoms with E-state index in [0.717, 1.165) is 38.4 Å². The van der Waals surface area contributed by atoms with Gasteiger partial charge in [0, 0.05) is 33.6 Å². The molecule has 15 heteroatoms. The van der Waals surface area contributed by atoms with Crippen molar-refractivity contribution in [2.24, 2.45) is 11.8 Å². The SMILES string of the molecule is C=COCCCO[C-]=O.C=COCCOC(=O)C=C.C=COCCO[C-]=O.C=[C-]C(=O)OCC1CCC(COC=C)CC1.[CH-]=C.[CH-]=C.[W+2].[W+2].[W]. The van der Waals surface area contributed by atoms with E-state index in [1.165, 1.54) is 38.0 Å². The Hall–Kier alpha value is -2.94. The number of hydrogen-bond donors (Lipinski definition) is 0. The van der Waals surface area contributed by atoms with Gasteiger partial charge in [-0.2, -0.15) is 0 Å². The summed E-state index contributed by atoms with van der Waals surface area (Å²) in [4.78, 5) is 40.0. The molecule has 0 aromatic carbocycles. The Balaban J connectivity index is -0.0000000769. The van der Waals surface area contributed by atoms with E-state index in [0.29, 0.717) is 51.3 Å². The molecule has 0 spiro atoms. The summed E-state index contributed by atoms with van der Waals surface area (Å²) in [6.07, 6.45) is 13.9. The Kier molecular flexibility index (Phi) is 84.5. The van der Waals surface area contributed by atoms with Crippen molar-refractivity contribution < 1.29 is 120 Å². The second kappa shape index (κ2) is 64.6. The van der Waals surface area contributed by atoms with Crippen LogP contribution in [-0.2, 0) is 120 Å². The summed E-state index contributed by atoms with van der Waals surface area (Å²) in [5.74, 6) is 0.220. The molecular weight excluding hydrogens is 1160 g/mol. The van der Waals surface area contributed by atoms with Crippen LogP contribution in [0.5, 0.6) is 0 Å². The van der Waals surface area contributed by atoms with Gasteiger partial charge < -0.3 is 66.7 Å². The molecule has 282 valence electrons. The molecule has 50 heavy (non-hydrogen) atoms. The van der Waals surface area contributed by atoms with Gasteiger partial charge >= 0.3 is 48.1 Å². The molecule has 0 aliphatic heterocycles. The first-order chi connectivity index (χ1) is 22.9. The Morgan fingerprint density at radius 3 is 1.46 bits per heavy atom. The van der Waals surface area contributed by atoms with Crippen molar-refractivity contribution in [1.82, 2.24) is 0 Å². The van der Waals surface area contributed by atoms with E-state index in [1.54, 1.807) is 0 Å². The third-order valence-electron chi connectivity index (χ3n) is 4.91. The molecule has 12 nitrogen and oxygen atoms in total. The number of hydrogen-bond acceptors (Lipinski definition) is 12. The van der Waals surface area contributed by atoms with Gasteiger partial charge in [0.15, 0.2) is 0 Å². The van der Waals surface area contributed by atoms with Crippen LogP contribution in [0.25, 0.3) is 0 Å². The van der Waals surface area contributed by atoms with Gasteiger partial charge in [0.1, 0.15) is 25.8 Å². The Labute approximate surface area is 342 Å². The molecule has 0 saturated heterocycles. The van der Waals surface area contributed by atoms with Crippen LogP contribution in [0.3, 0.4) is 0 Å². The van der Waals surface area contributed by atoms with Gasteiger partial charge in [-0.05, 0) is 37.5 Å². The maximum atomic E-state index is 10.8. The molecule has 0 aromatic rings. The maximum Gasteiger partial charge on any atom is 2.00 e. The Morgan fingerprint density at radius 2 is 1.04 bits per heavy atom. The van der Waals surface area contributed by atoms with Crippen molar-refractivity contribution >= 4 is 24.9 Å². The largest absolute Gasteiger partial charge is 2.00 e. The average Bonchev–Trinajstić information content (AvgIpc) is 3.13. The third-order valence-corrected chi connectivity index (χ3v) is 4.91. The van der Waals surface area contributed by atoms with Crippen molar-refractivity contribution in [3.8, 4) is 0 Å². The van der Waals surface area contributed by atoms with Crippen LogP contribution in [0.4, 0.5) is 0 Å². The number of rotatable bonds is 22. The Morgan fingerprint density at radius 1 is 0.620 bits per heavy atom. The molecule has 1 aliphatic rings. The summed E-state index contributed by atoms with van der Waals surface area (Å²) in [7, 11) is 0. The van der Waals surface area contributed by atoms with E-state index >= 15 is 0 Å². The molecular formula is C35H51O12W3-. The Bertz CT molecular complexity index is 784. The van der Waals surface area contributed by atoms with Gasteiger partial charge in [0.2, 0.25) is 0 Å². The van der Waals surface area contributed by atoms with Crippen molar-refractivity contribution in [2.45, 2.75) is 32.1 Å². The predicted molar refractivity (Wildman–Crippen MR) is 179 cm³/mol. The van der Waals surface area contributed by atoms with E-state index in [2.05, 4.69) is 95.5 Å². The molecule has 0 bridgehead atoms. The normalized spacial score (nSPS) is 12.2. The predicted octanol–water partition coefficient (Wildman–Crippen LogP) is 5.41. The third kappa shape index (κ3) is 63.7. The molecule has 1 aliphatic carbocycles. The average molecular weight is 1220 g/mol.